The summed E-state index contributed by atoms with van der Waals surface area (Å²) >= 11 is 0. The van der Waals surface area contributed by atoms with Crippen LogP contribution in [0.4, 0.5) is 11.4 Å². The molecule has 4 rings (SSSR count). The maximum absolute atomic E-state index is 11.9. The van der Waals surface area contributed by atoms with E-state index < -0.39 is 10.9 Å². The van der Waals surface area contributed by atoms with Crippen molar-refractivity contribution in [1.82, 2.24) is 0 Å². The monoisotopic (exact) mass is 366 g/mol. The molecule has 0 aromatic heterocycles. The van der Waals surface area contributed by atoms with Crippen molar-refractivity contribution < 1.29 is 14.2 Å². The zero-order chi connectivity index (χ0) is 18.8. The Bertz CT molecular complexity index is 1040. The van der Waals surface area contributed by atoms with Crippen LogP contribution in [0, 0.1) is 0 Å². The van der Waals surface area contributed by atoms with E-state index in [0.717, 1.165) is 16.9 Å². The third-order valence-electron chi connectivity index (χ3n) is 4.44. The molecular weight excluding hydrogens is 348 g/mol. The van der Waals surface area contributed by atoms with Gasteiger partial charge in [0.25, 0.3) is 10.9 Å². The van der Waals surface area contributed by atoms with Gasteiger partial charge in [-0.3, -0.25) is 9.59 Å². The van der Waals surface area contributed by atoms with Gasteiger partial charge in [-0.2, -0.15) is 0 Å². The average Bonchev–Trinajstić information content (AvgIpc) is 3.18. The second-order valence-electron chi connectivity index (χ2n) is 6.15. The van der Waals surface area contributed by atoms with Gasteiger partial charge in [0.1, 0.15) is 17.1 Å². The molecular formula is C20H18N2O5. The third-order valence-corrected chi connectivity index (χ3v) is 4.44. The molecule has 138 valence electrons. The Labute approximate surface area is 155 Å². The topological polar surface area (TPSA) is 85.9 Å². The molecule has 0 spiro atoms. The number of anilines is 2. The summed E-state index contributed by atoms with van der Waals surface area (Å²) < 4.78 is 15.7. The number of benzene rings is 2. The lowest BCUT2D eigenvalue weighted by Gasteiger charge is -2.15. The van der Waals surface area contributed by atoms with Crippen molar-refractivity contribution in [3.63, 3.8) is 0 Å². The van der Waals surface area contributed by atoms with Crippen molar-refractivity contribution in [2.24, 2.45) is 0 Å². The number of hydrogen-bond acceptors (Lipinski definition) is 7. The summed E-state index contributed by atoms with van der Waals surface area (Å²) in [6.07, 6.45) is 0. The fourth-order valence-electron chi connectivity index (χ4n) is 2.90. The van der Waals surface area contributed by atoms with Crippen LogP contribution in [-0.2, 0) is 13.1 Å². The Hall–Kier alpha value is -3.48. The van der Waals surface area contributed by atoms with Crippen LogP contribution < -0.4 is 35.7 Å². The first-order chi connectivity index (χ1) is 13.2. The molecule has 0 fully saturated rings. The number of nitrogens with one attached hydrogen (secondary N) is 2. The number of fused-ring (bicyclic) bond motifs is 1. The van der Waals surface area contributed by atoms with Crippen molar-refractivity contribution in [2.75, 3.05) is 24.5 Å². The van der Waals surface area contributed by atoms with E-state index in [2.05, 4.69) is 10.6 Å². The normalized spacial score (nSPS) is 12.2. The maximum atomic E-state index is 11.9. The Kier molecular flexibility index (Phi) is 4.42. The fraction of sp³-hybridized carbons (Fsp3) is 0.200. The largest absolute Gasteiger partial charge is 0.497 e. The van der Waals surface area contributed by atoms with Crippen LogP contribution in [-0.4, -0.2) is 13.9 Å². The summed E-state index contributed by atoms with van der Waals surface area (Å²) in [6.45, 7) is 1.05. The molecule has 0 saturated heterocycles. The first-order valence-electron chi connectivity index (χ1n) is 8.48. The Morgan fingerprint density at radius 2 is 1.44 bits per heavy atom. The van der Waals surface area contributed by atoms with Gasteiger partial charge in [-0.05, 0) is 35.4 Å². The summed E-state index contributed by atoms with van der Waals surface area (Å²) in [4.78, 5) is 23.8. The van der Waals surface area contributed by atoms with E-state index in [1.54, 1.807) is 7.11 Å². The van der Waals surface area contributed by atoms with E-state index >= 15 is 0 Å². The van der Waals surface area contributed by atoms with Crippen molar-refractivity contribution in [1.29, 1.82) is 0 Å². The summed E-state index contributed by atoms with van der Waals surface area (Å²) in [6, 6.07) is 13.1. The number of methoxy groups -OCH3 is 1. The molecule has 0 aliphatic carbocycles. The van der Waals surface area contributed by atoms with Crippen LogP contribution in [0.5, 0.6) is 17.2 Å². The molecule has 0 saturated carbocycles. The van der Waals surface area contributed by atoms with Gasteiger partial charge in [-0.25, -0.2) is 0 Å². The highest BCUT2D eigenvalue weighted by atomic mass is 16.7. The summed E-state index contributed by atoms with van der Waals surface area (Å²) in [5.74, 6) is 2.14. The van der Waals surface area contributed by atoms with Crippen molar-refractivity contribution in [3.05, 3.63) is 74.0 Å². The summed E-state index contributed by atoms with van der Waals surface area (Å²) in [7, 11) is 1.61. The molecule has 3 aromatic rings. The lowest BCUT2D eigenvalue weighted by molar-refractivity contribution is 0.174. The molecule has 0 unspecified atom stereocenters. The van der Waals surface area contributed by atoms with Gasteiger partial charge in [0.05, 0.1) is 7.11 Å². The summed E-state index contributed by atoms with van der Waals surface area (Å²) in [5, 5.41) is 6.08. The van der Waals surface area contributed by atoms with Gasteiger partial charge in [0.15, 0.2) is 11.5 Å². The van der Waals surface area contributed by atoms with Crippen LogP contribution in [0.2, 0.25) is 0 Å². The lowest BCUT2D eigenvalue weighted by Crippen LogP contribution is -2.37. The van der Waals surface area contributed by atoms with E-state index in [1.165, 1.54) is 0 Å². The van der Waals surface area contributed by atoms with E-state index in [9.17, 15) is 9.59 Å². The molecule has 0 amide bonds. The van der Waals surface area contributed by atoms with Crippen LogP contribution in [0.1, 0.15) is 11.1 Å². The number of rotatable bonds is 7. The average molecular weight is 366 g/mol. The minimum Gasteiger partial charge on any atom is -0.497 e. The first-order valence-corrected chi connectivity index (χ1v) is 8.48. The van der Waals surface area contributed by atoms with Gasteiger partial charge in [-0.15, -0.1) is 0 Å². The highest BCUT2D eigenvalue weighted by Crippen LogP contribution is 2.32. The zero-order valence-corrected chi connectivity index (χ0v) is 14.7. The number of ether oxygens (including phenoxy) is 3. The van der Waals surface area contributed by atoms with Gasteiger partial charge in [-0.1, -0.05) is 18.2 Å². The molecule has 1 heterocycles. The van der Waals surface area contributed by atoms with Gasteiger partial charge in [0.2, 0.25) is 6.79 Å². The second-order valence-corrected chi connectivity index (χ2v) is 6.15. The van der Waals surface area contributed by atoms with Crippen LogP contribution in [0.3, 0.4) is 0 Å². The molecule has 1 aliphatic rings. The van der Waals surface area contributed by atoms with Crippen LogP contribution >= 0.6 is 0 Å². The van der Waals surface area contributed by atoms with Crippen molar-refractivity contribution in [3.8, 4) is 17.2 Å². The molecule has 0 bridgehead atoms. The minimum absolute atomic E-state index is 0.212. The quantitative estimate of drug-likeness (QED) is 0.620. The van der Waals surface area contributed by atoms with E-state index in [-0.39, 0.29) is 6.79 Å². The fourth-order valence-corrected chi connectivity index (χ4v) is 2.90. The molecule has 2 N–H and O–H groups in total. The van der Waals surface area contributed by atoms with Crippen molar-refractivity contribution in [2.45, 2.75) is 13.1 Å². The van der Waals surface area contributed by atoms with E-state index in [1.807, 2.05) is 42.5 Å². The minimum atomic E-state index is -0.507. The molecule has 0 radical (unpaired) electrons. The Morgan fingerprint density at radius 1 is 0.852 bits per heavy atom. The SMILES string of the molecule is COc1ccc(CNc2c(NCc3ccc4c(c3)OCO4)c(=O)c2=O)cc1. The lowest BCUT2D eigenvalue weighted by atomic mass is 10.1. The van der Waals surface area contributed by atoms with Crippen LogP contribution in [0.25, 0.3) is 0 Å². The molecule has 27 heavy (non-hydrogen) atoms. The molecule has 7 nitrogen and oxygen atoms in total. The maximum Gasteiger partial charge on any atom is 0.253 e. The van der Waals surface area contributed by atoms with Crippen LogP contribution in [0.15, 0.2) is 52.1 Å². The smallest absolute Gasteiger partial charge is 0.253 e. The first kappa shape index (κ1) is 17.0. The molecule has 3 aromatic carbocycles. The highest BCUT2D eigenvalue weighted by molar-refractivity contribution is 5.74. The van der Waals surface area contributed by atoms with Gasteiger partial charge >= 0.3 is 0 Å². The highest BCUT2D eigenvalue weighted by Gasteiger charge is 2.21. The Balaban J connectivity index is 1.41. The predicted octanol–water partition coefficient (Wildman–Crippen LogP) is 2.24. The number of hydrogen-bond donors (Lipinski definition) is 2. The van der Waals surface area contributed by atoms with Gasteiger partial charge in [0, 0.05) is 13.1 Å². The Morgan fingerprint density at radius 3 is 2.11 bits per heavy atom. The summed E-state index contributed by atoms with van der Waals surface area (Å²) in [5.41, 5.74) is 1.52. The molecule has 1 aliphatic heterocycles. The molecule has 0 atom stereocenters. The third kappa shape index (κ3) is 3.31. The standard InChI is InChI=1S/C20H18N2O5/c1-25-14-5-2-12(3-6-14)9-21-17-18(20(24)19(17)23)22-10-13-4-7-15-16(8-13)27-11-26-15/h2-8,21-22H,9-11H2,1H3. The van der Waals surface area contributed by atoms with Gasteiger partial charge < -0.3 is 24.8 Å². The van der Waals surface area contributed by atoms with Crippen molar-refractivity contribution >= 4 is 11.4 Å². The van der Waals surface area contributed by atoms with E-state index in [0.29, 0.717) is 36.0 Å². The molecule has 7 heteroatoms. The zero-order valence-electron chi connectivity index (χ0n) is 14.7. The van der Waals surface area contributed by atoms with E-state index in [4.69, 9.17) is 14.2 Å². The second kappa shape index (κ2) is 7.03. The predicted molar refractivity (Wildman–Crippen MR) is 102 cm³/mol.